The van der Waals surface area contributed by atoms with Crippen LogP contribution in [0.4, 0.5) is 19.2 Å². The lowest BCUT2D eigenvalue weighted by Gasteiger charge is -2.44. The van der Waals surface area contributed by atoms with Gasteiger partial charge in [-0.1, -0.05) is 30.3 Å². The van der Waals surface area contributed by atoms with Gasteiger partial charge in [0.05, 0.1) is 6.54 Å². The smallest absolute Gasteiger partial charge is 0.425 e. The first-order valence-electron chi connectivity index (χ1n) is 14.0. The van der Waals surface area contributed by atoms with Gasteiger partial charge >= 0.3 is 30.3 Å². The van der Waals surface area contributed by atoms with E-state index in [0.717, 1.165) is 4.90 Å². The fraction of sp³-hybridized carbons (Fsp3) is 0.600. The molecular formula is C30H41N3O10. The summed E-state index contributed by atoms with van der Waals surface area (Å²) in [4.78, 5) is 82.7. The summed E-state index contributed by atoms with van der Waals surface area (Å²) >= 11 is 0. The van der Waals surface area contributed by atoms with Crippen LogP contribution in [0.25, 0.3) is 0 Å². The number of carbonyl (C=O) groups excluding carboxylic acids is 6. The fourth-order valence-electron chi connectivity index (χ4n) is 4.67. The van der Waals surface area contributed by atoms with E-state index in [2.05, 4.69) is 0 Å². The van der Waals surface area contributed by atoms with Gasteiger partial charge in [0, 0.05) is 0 Å². The predicted octanol–water partition coefficient (Wildman–Crippen LogP) is 5.00. The van der Waals surface area contributed by atoms with Crippen LogP contribution in [-0.4, -0.2) is 85.8 Å². The van der Waals surface area contributed by atoms with Gasteiger partial charge in [-0.05, 0) is 80.7 Å². The van der Waals surface area contributed by atoms with Gasteiger partial charge in [0.15, 0.2) is 5.54 Å². The second kappa shape index (κ2) is 11.8. The Balaban J connectivity index is 2.06. The molecule has 0 unspecified atom stereocenters. The number of piperidine rings is 1. The standard InChI is InChI=1S/C30H41N3O10/c1-27(2,3)41-21(34)20-15-16-30(18-31(20)24(37)40-17-19-13-11-10-12-14-19)22(35)32(25(38)42-28(4,5)6)23(36)33(30)26(39)43-29(7,8)9/h10-14,20H,15-18H2,1-9H3/t20-,30+/m1/s1. The number of esters is 1. The van der Waals surface area contributed by atoms with Crippen LogP contribution in [0.5, 0.6) is 0 Å². The van der Waals surface area contributed by atoms with E-state index >= 15 is 0 Å². The Labute approximate surface area is 251 Å². The molecule has 2 aliphatic rings. The molecule has 3 rings (SSSR count). The summed E-state index contributed by atoms with van der Waals surface area (Å²) in [7, 11) is 0. The third-order valence-electron chi connectivity index (χ3n) is 6.32. The van der Waals surface area contributed by atoms with Crippen molar-refractivity contribution < 1.29 is 47.7 Å². The van der Waals surface area contributed by atoms with Crippen LogP contribution in [0.15, 0.2) is 30.3 Å². The normalized spacial score (nSPS) is 21.1. The first-order chi connectivity index (χ1) is 19.7. The second-order valence-corrected chi connectivity index (χ2v) is 13.5. The van der Waals surface area contributed by atoms with Crippen molar-refractivity contribution in [2.45, 2.75) is 110 Å². The molecule has 0 saturated carbocycles. The summed E-state index contributed by atoms with van der Waals surface area (Å²) in [5.74, 6) is -1.86. The second-order valence-electron chi connectivity index (χ2n) is 13.5. The van der Waals surface area contributed by atoms with Gasteiger partial charge in [-0.3, -0.25) is 9.69 Å². The molecule has 2 saturated heterocycles. The number of carbonyl (C=O) groups is 6. The molecule has 1 spiro atoms. The Hall–Kier alpha value is -4.16. The molecule has 13 nitrogen and oxygen atoms in total. The number of hydrogen-bond acceptors (Lipinski definition) is 10. The van der Waals surface area contributed by atoms with Gasteiger partial charge in [-0.25, -0.2) is 28.9 Å². The highest BCUT2D eigenvalue weighted by atomic mass is 16.6. The zero-order chi connectivity index (χ0) is 32.5. The van der Waals surface area contributed by atoms with Crippen LogP contribution in [-0.2, 0) is 35.1 Å². The third kappa shape index (κ3) is 7.82. The highest BCUT2D eigenvalue weighted by Crippen LogP contribution is 2.40. The van der Waals surface area contributed by atoms with Crippen molar-refractivity contribution in [2.75, 3.05) is 6.54 Å². The van der Waals surface area contributed by atoms with Crippen molar-refractivity contribution in [1.82, 2.24) is 14.7 Å². The number of imide groups is 4. The predicted molar refractivity (Wildman–Crippen MR) is 151 cm³/mol. The summed E-state index contributed by atoms with van der Waals surface area (Å²) in [6.07, 6.45) is -3.96. The monoisotopic (exact) mass is 603 g/mol. The number of benzene rings is 1. The van der Waals surface area contributed by atoms with E-state index in [0.29, 0.717) is 10.5 Å². The molecule has 0 aliphatic carbocycles. The minimum absolute atomic E-state index is 0.156. The SMILES string of the molecule is CC(C)(C)OC(=O)[C@H]1CC[C@]2(CN1C(=O)OCc1ccccc1)C(=O)N(C(=O)OC(C)(C)C)C(=O)N2C(=O)OC(C)(C)C. The highest BCUT2D eigenvalue weighted by molar-refractivity contribution is 6.21. The molecule has 1 aromatic carbocycles. The van der Waals surface area contributed by atoms with E-state index in [4.69, 9.17) is 18.9 Å². The van der Waals surface area contributed by atoms with Gasteiger partial charge < -0.3 is 18.9 Å². The number of amides is 6. The number of ether oxygens (including phenoxy) is 4. The van der Waals surface area contributed by atoms with E-state index < -0.39 is 71.1 Å². The number of likely N-dealkylation sites (tertiary alicyclic amines) is 1. The molecule has 0 aromatic heterocycles. The molecule has 1 aromatic rings. The number of urea groups is 1. The Morgan fingerprint density at radius 3 is 1.86 bits per heavy atom. The first-order valence-corrected chi connectivity index (χ1v) is 14.0. The largest absolute Gasteiger partial charge is 0.458 e. The molecule has 0 radical (unpaired) electrons. The summed E-state index contributed by atoms with van der Waals surface area (Å²) in [6.45, 7) is 13.5. The molecule has 2 fully saturated rings. The first kappa shape index (κ1) is 33.3. The molecule has 2 heterocycles. The van der Waals surface area contributed by atoms with Crippen LogP contribution in [0.3, 0.4) is 0 Å². The molecule has 2 aliphatic heterocycles. The van der Waals surface area contributed by atoms with Crippen molar-refractivity contribution in [3.8, 4) is 0 Å². The zero-order valence-corrected chi connectivity index (χ0v) is 26.2. The van der Waals surface area contributed by atoms with Crippen molar-refractivity contribution >= 4 is 36.2 Å². The average molecular weight is 604 g/mol. The van der Waals surface area contributed by atoms with Gasteiger partial charge in [0.25, 0.3) is 5.91 Å². The van der Waals surface area contributed by atoms with Gasteiger partial charge in [-0.2, -0.15) is 4.90 Å². The average Bonchev–Trinajstić information content (AvgIpc) is 3.05. The molecule has 0 bridgehead atoms. The molecule has 13 heteroatoms. The van der Waals surface area contributed by atoms with Crippen LogP contribution >= 0.6 is 0 Å². The maximum Gasteiger partial charge on any atom is 0.425 e. The molecule has 0 N–H and O–H groups in total. The number of rotatable bonds is 3. The Kier molecular flexibility index (Phi) is 9.19. The van der Waals surface area contributed by atoms with Crippen LogP contribution < -0.4 is 0 Å². The van der Waals surface area contributed by atoms with Crippen LogP contribution in [0.2, 0.25) is 0 Å². The van der Waals surface area contributed by atoms with E-state index in [-0.39, 0.29) is 24.3 Å². The van der Waals surface area contributed by atoms with E-state index in [1.165, 1.54) is 0 Å². The van der Waals surface area contributed by atoms with Crippen molar-refractivity contribution in [1.29, 1.82) is 0 Å². The third-order valence-corrected chi connectivity index (χ3v) is 6.32. The fourth-order valence-corrected chi connectivity index (χ4v) is 4.67. The van der Waals surface area contributed by atoms with E-state index in [9.17, 15) is 28.8 Å². The summed E-state index contributed by atoms with van der Waals surface area (Å²) < 4.78 is 21.8. The zero-order valence-electron chi connectivity index (χ0n) is 26.2. The summed E-state index contributed by atoms with van der Waals surface area (Å²) in [6, 6.07) is 6.28. The van der Waals surface area contributed by atoms with E-state index in [1.54, 1.807) is 92.6 Å². The van der Waals surface area contributed by atoms with Crippen LogP contribution in [0.1, 0.15) is 80.7 Å². The highest BCUT2D eigenvalue weighted by Gasteiger charge is 2.66. The van der Waals surface area contributed by atoms with Crippen molar-refractivity contribution in [3.05, 3.63) is 35.9 Å². The minimum atomic E-state index is -2.10. The van der Waals surface area contributed by atoms with Crippen molar-refractivity contribution in [2.24, 2.45) is 0 Å². The molecule has 236 valence electrons. The lowest BCUT2D eigenvalue weighted by molar-refractivity contribution is -0.164. The Morgan fingerprint density at radius 2 is 1.33 bits per heavy atom. The molecule has 2 atom stereocenters. The Morgan fingerprint density at radius 1 is 0.791 bits per heavy atom. The number of nitrogens with zero attached hydrogens (tertiary/aromatic N) is 3. The Bertz CT molecular complexity index is 1280. The number of hydrogen-bond donors (Lipinski definition) is 0. The lowest BCUT2D eigenvalue weighted by Crippen LogP contribution is -2.66. The molecule has 6 amide bonds. The van der Waals surface area contributed by atoms with Crippen LogP contribution in [0, 0.1) is 0 Å². The minimum Gasteiger partial charge on any atom is -0.458 e. The quantitative estimate of drug-likeness (QED) is 0.262. The van der Waals surface area contributed by atoms with Gasteiger partial charge in [0.1, 0.15) is 29.5 Å². The summed E-state index contributed by atoms with van der Waals surface area (Å²) in [5.41, 5.74) is -4.49. The van der Waals surface area contributed by atoms with Crippen molar-refractivity contribution in [3.63, 3.8) is 0 Å². The topological polar surface area (TPSA) is 149 Å². The van der Waals surface area contributed by atoms with Gasteiger partial charge in [0.2, 0.25) is 0 Å². The van der Waals surface area contributed by atoms with E-state index in [1.807, 2.05) is 0 Å². The molecule has 43 heavy (non-hydrogen) atoms. The maximum atomic E-state index is 14.0. The summed E-state index contributed by atoms with van der Waals surface area (Å²) in [5, 5.41) is 0. The van der Waals surface area contributed by atoms with Gasteiger partial charge in [-0.15, -0.1) is 0 Å². The maximum absolute atomic E-state index is 14.0. The molecular weight excluding hydrogens is 562 g/mol. The lowest BCUT2D eigenvalue weighted by atomic mass is 9.84.